The van der Waals surface area contributed by atoms with E-state index >= 15 is 0 Å². The average molecular weight is 224 g/mol. The molecule has 1 fully saturated rings. The summed E-state index contributed by atoms with van der Waals surface area (Å²) < 4.78 is 0. The van der Waals surface area contributed by atoms with E-state index in [0.717, 1.165) is 12.8 Å². The van der Waals surface area contributed by atoms with E-state index in [1.54, 1.807) is 0 Å². The van der Waals surface area contributed by atoms with Crippen LogP contribution in [0.4, 0.5) is 0 Å². The molecule has 0 aromatic rings. The van der Waals surface area contributed by atoms with Crippen LogP contribution in [0.3, 0.4) is 0 Å². The van der Waals surface area contributed by atoms with Crippen LogP contribution >= 0.6 is 0 Å². The number of nitrogens with zero attached hydrogens (tertiary/aromatic N) is 2. The predicted octanol–water partition coefficient (Wildman–Crippen LogP) is 3.19. The highest BCUT2D eigenvalue weighted by molar-refractivity contribution is 5.12. The summed E-state index contributed by atoms with van der Waals surface area (Å²) in [5, 5.41) is 21.0. The number of hydroxylamine groups is 2. The van der Waals surface area contributed by atoms with Gasteiger partial charge < -0.3 is 5.21 Å². The summed E-state index contributed by atoms with van der Waals surface area (Å²) >= 11 is 0. The van der Waals surface area contributed by atoms with Gasteiger partial charge in [0.1, 0.15) is 0 Å². The Balaban J connectivity index is 3.05. The molecule has 2 atom stereocenters. The molecule has 0 aliphatic carbocycles. The van der Waals surface area contributed by atoms with E-state index in [1.807, 2.05) is 20.8 Å². The van der Waals surface area contributed by atoms with Crippen LogP contribution in [-0.4, -0.2) is 21.3 Å². The van der Waals surface area contributed by atoms with Gasteiger partial charge >= 0.3 is 0 Å². The Morgan fingerprint density at radius 2 is 1.88 bits per heavy atom. The molecular formula is C13H24N2O. The molecule has 1 rings (SSSR count). The molecule has 92 valence electrons. The molecule has 16 heavy (non-hydrogen) atoms. The van der Waals surface area contributed by atoms with Crippen molar-refractivity contribution in [2.45, 2.75) is 65.5 Å². The molecule has 1 aliphatic heterocycles. The van der Waals surface area contributed by atoms with Gasteiger partial charge in [0.2, 0.25) is 0 Å². The lowest BCUT2D eigenvalue weighted by Gasteiger charge is -2.41. The first kappa shape index (κ1) is 13.5. The van der Waals surface area contributed by atoms with Crippen molar-refractivity contribution in [2.24, 2.45) is 11.3 Å². The Labute approximate surface area is 99.0 Å². The quantitative estimate of drug-likeness (QED) is 0.744. The smallest absolute Gasteiger partial charge is 0.0686 e. The van der Waals surface area contributed by atoms with Gasteiger partial charge in [-0.05, 0) is 39.0 Å². The molecule has 0 amide bonds. The van der Waals surface area contributed by atoms with Crippen LogP contribution in [0.15, 0.2) is 0 Å². The van der Waals surface area contributed by atoms with E-state index in [1.165, 1.54) is 5.06 Å². The Morgan fingerprint density at radius 3 is 2.25 bits per heavy atom. The number of nitriles is 1. The van der Waals surface area contributed by atoms with Gasteiger partial charge in [-0.15, -0.1) is 0 Å². The largest absolute Gasteiger partial charge is 0.313 e. The first-order valence-electron chi connectivity index (χ1n) is 5.92. The van der Waals surface area contributed by atoms with Gasteiger partial charge in [0.05, 0.1) is 17.5 Å². The summed E-state index contributed by atoms with van der Waals surface area (Å²) in [5.74, 6) is -0.105. The van der Waals surface area contributed by atoms with Gasteiger partial charge in [-0.2, -0.15) is 10.3 Å². The molecule has 0 bridgehead atoms. The SMILES string of the molecule is CC(C)(C)CC1(C)C(C#N)CC(C)(C)N1O. The second-order valence-electron chi connectivity index (χ2n) is 7.10. The predicted molar refractivity (Wildman–Crippen MR) is 63.9 cm³/mol. The first-order valence-corrected chi connectivity index (χ1v) is 5.92. The summed E-state index contributed by atoms with van der Waals surface area (Å²) in [6.45, 7) is 12.4. The van der Waals surface area contributed by atoms with Crippen molar-refractivity contribution in [1.82, 2.24) is 5.06 Å². The van der Waals surface area contributed by atoms with Crippen molar-refractivity contribution in [3.05, 3.63) is 0 Å². The third-order valence-corrected chi connectivity index (χ3v) is 3.56. The van der Waals surface area contributed by atoms with E-state index in [-0.39, 0.29) is 16.9 Å². The molecule has 3 nitrogen and oxygen atoms in total. The fourth-order valence-electron chi connectivity index (χ4n) is 3.10. The number of rotatable bonds is 1. The highest BCUT2D eigenvalue weighted by Crippen LogP contribution is 2.48. The van der Waals surface area contributed by atoms with Crippen LogP contribution in [0, 0.1) is 22.7 Å². The molecule has 0 aromatic heterocycles. The van der Waals surface area contributed by atoms with Crippen LogP contribution in [0.1, 0.15) is 54.4 Å². The fraction of sp³-hybridized carbons (Fsp3) is 0.923. The molecule has 1 heterocycles. The maximum absolute atomic E-state index is 10.3. The van der Waals surface area contributed by atoms with Gasteiger partial charge in [-0.1, -0.05) is 20.8 Å². The van der Waals surface area contributed by atoms with E-state index < -0.39 is 5.54 Å². The van der Waals surface area contributed by atoms with Gasteiger partial charge in [0.15, 0.2) is 0 Å². The average Bonchev–Trinajstić information content (AvgIpc) is 2.24. The molecule has 0 spiro atoms. The van der Waals surface area contributed by atoms with Crippen LogP contribution in [-0.2, 0) is 0 Å². The maximum Gasteiger partial charge on any atom is 0.0686 e. The molecule has 0 saturated carbocycles. The van der Waals surface area contributed by atoms with E-state index in [2.05, 4.69) is 26.8 Å². The minimum atomic E-state index is -0.434. The summed E-state index contributed by atoms with van der Waals surface area (Å²) in [4.78, 5) is 0. The zero-order valence-corrected chi connectivity index (χ0v) is 11.3. The molecule has 0 aromatic carbocycles. The molecule has 1 aliphatic rings. The van der Waals surface area contributed by atoms with Gasteiger partial charge in [-0.3, -0.25) is 0 Å². The molecule has 1 saturated heterocycles. The Kier molecular flexibility index (Phi) is 3.13. The second-order valence-corrected chi connectivity index (χ2v) is 7.10. The van der Waals surface area contributed by atoms with E-state index in [9.17, 15) is 10.5 Å². The molecule has 3 heteroatoms. The summed E-state index contributed by atoms with van der Waals surface area (Å²) in [6.07, 6.45) is 1.55. The Hall–Kier alpha value is -0.590. The van der Waals surface area contributed by atoms with Crippen LogP contribution in [0.5, 0.6) is 0 Å². The molecular weight excluding hydrogens is 200 g/mol. The van der Waals surface area contributed by atoms with Crippen molar-refractivity contribution in [2.75, 3.05) is 0 Å². The lowest BCUT2D eigenvalue weighted by molar-refractivity contribution is -0.207. The van der Waals surface area contributed by atoms with Crippen LogP contribution < -0.4 is 0 Å². The Morgan fingerprint density at radius 1 is 1.38 bits per heavy atom. The van der Waals surface area contributed by atoms with Crippen molar-refractivity contribution in [3.8, 4) is 6.07 Å². The zero-order valence-electron chi connectivity index (χ0n) is 11.3. The number of hydrogen-bond donors (Lipinski definition) is 1. The molecule has 0 radical (unpaired) electrons. The highest BCUT2D eigenvalue weighted by atomic mass is 16.5. The van der Waals surface area contributed by atoms with Crippen LogP contribution in [0.25, 0.3) is 0 Å². The van der Waals surface area contributed by atoms with Crippen molar-refractivity contribution < 1.29 is 5.21 Å². The zero-order chi connectivity index (χ0) is 12.8. The monoisotopic (exact) mass is 224 g/mol. The molecule has 2 unspecified atom stereocenters. The van der Waals surface area contributed by atoms with E-state index in [4.69, 9.17) is 0 Å². The summed E-state index contributed by atoms with van der Waals surface area (Å²) in [7, 11) is 0. The van der Waals surface area contributed by atoms with Gasteiger partial charge in [0.25, 0.3) is 0 Å². The summed E-state index contributed by atoms with van der Waals surface area (Å²) in [5.41, 5.74) is -0.637. The number of hydrogen-bond acceptors (Lipinski definition) is 3. The maximum atomic E-state index is 10.3. The topological polar surface area (TPSA) is 47.3 Å². The fourth-order valence-corrected chi connectivity index (χ4v) is 3.10. The van der Waals surface area contributed by atoms with E-state index in [0.29, 0.717) is 0 Å². The third-order valence-electron chi connectivity index (χ3n) is 3.56. The highest BCUT2D eigenvalue weighted by Gasteiger charge is 2.55. The summed E-state index contributed by atoms with van der Waals surface area (Å²) in [6, 6.07) is 2.36. The minimum Gasteiger partial charge on any atom is -0.313 e. The lowest BCUT2D eigenvalue weighted by Crippen LogP contribution is -2.51. The van der Waals surface area contributed by atoms with Gasteiger partial charge in [-0.25, -0.2) is 0 Å². The van der Waals surface area contributed by atoms with Gasteiger partial charge in [0, 0.05) is 5.54 Å². The minimum absolute atomic E-state index is 0.102. The van der Waals surface area contributed by atoms with Crippen molar-refractivity contribution >= 4 is 0 Å². The lowest BCUT2D eigenvalue weighted by atomic mass is 9.75. The normalized spacial score (nSPS) is 35.0. The van der Waals surface area contributed by atoms with Crippen molar-refractivity contribution in [1.29, 1.82) is 5.26 Å². The Bertz CT molecular complexity index is 311. The van der Waals surface area contributed by atoms with Crippen LogP contribution in [0.2, 0.25) is 0 Å². The first-order chi connectivity index (χ1) is 7.03. The molecule has 1 N–H and O–H groups in total. The third kappa shape index (κ3) is 2.23. The second kappa shape index (κ2) is 3.72. The standard InChI is InChI=1S/C13H24N2O/c1-11(2,3)9-13(6)10(8-14)7-12(4,5)15(13)16/h10,16H,7,9H2,1-6H3. The van der Waals surface area contributed by atoms with Crippen molar-refractivity contribution in [3.63, 3.8) is 0 Å².